The second-order valence-corrected chi connectivity index (χ2v) is 4.18. The van der Waals surface area contributed by atoms with Crippen LogP contribution in [0.1, 0.15) is 18.9 Å². The van der Waals surface area contributed by atoms with E-state index in [0.717, 1.165) is 6.42 Å². The van der Waals surface area contributed by atoms with Crippen molar-refractivity contribution in [2.24, 2.45) is 0 Å². The van der Waals surface area contributed by atoms with Gasteiger partial charge in [-0.25, -0.2) is 4.79 Å². The number of hydrogen-bond acceptors (Lipinski definition) is 4. The summed E-state index contributed by atoms with van der Waals surface area (Å²) in [6, 6.07) is 6.43. The lowest BCUT2D eigenvalue weighted by atomic mass is 10.1. The molecule has 1 fully saturated rings. The summed E-state index contributed by atoms with van der Waals surface area (Å²) in [5.74, 6) is 0. The van der Waals surface area contributed by atoms with Gasteiger partial charge in [0, 0.05) is 11.6 Å². The molecule has 1 heterocycles. The summed E-state index contributed by atoms with van der Waals surface area (Å²) < 4.78 is 5.11. The van der Waals surface area contributed by atoms with Crippen molar-refractivity contribution >= 4 is 11.8 Å². The van der Waals surface area contributed by atoms with Gasteiger partial charge in [0.25, 0.3) is 5.69 Å². The second-order valence-electron chi connectivity index (χ2n) is 4.18. The summed E-state index contributed by atoms with van der Waals surface area (Å²) in [4.78, 5) is 23.5. The topological polar surface area (TPSA) is 72.7 Å². The Morgan fingerprint density at radius 1 is 1.50 bits per heavy atom. The Morgan fingerprint density at radius 2 is 2.22 bits per heavy atom. The zero-order valence-corrected chi connectivity index (χ0v) is 10.0. The molecule has 1 aromatic carbocycles. The van der Waals surface area contributed by atoms with Crippen LogP contribution in [0.25, 0.3) is 0 Å². The lowest BCUT2D eigenvalue weighted by Crippen LogP contribution is -2.24. The molecule has 1 amide bonds. The van der Waals surface area contributed by atoms with E-state index in [1.165, 1.54) is 11.0 Å². The summed E-state index contributed by atoms with van der Waals surface area (Å²) in [6.45, 7) is 2.64. The first-order valence-electron chi connectivity index (χ1n) is 5.79. The van der Waals surface area contributed by atoms with Crippen LogP contribution in [-0.2, 0) is 11.3 Å². The van der Waals surface area contributed by atoms with Gasteiger partial charge in [0.2, 0.25) is 0 Å². The van der Waals surface area contributed by atoms with Crippen LogP contribution >= 0.6 is 0 Å². The molecular weight excluding hydrogens is 236 g/mol. The number of ether oxygens (including phenoxy) is 1. The molecular formula is C12H14N2O4. The number of amides is 1. The van der Waals surface area contributed by atoms with Crippen molar-refractivity contribution in [3.8, 4) is 0 Å². The minimum Gasteiger partial charge on any atom is -0.444 e. The van der Waals surface area contributed by atoms with E-state index < -0.39 is 11.0 Å². The van der Waals surface area contributed by atoms with Gasteiger partial charge in [-0.3, -0.25) is 15.0 Å². The number of nitrogens with zero attached hydrogens (tertiary/aromatic N) is 2. The van der Waals surface area contributed by atoms with Gasteiger partial charge in [0.1, 0.15) is 6.10 Å². The number of benzene rings is 1. The number of rotatable bonds is 4. The third kappa shape index (κ3) is 2.42. The zero-order valence-electron chi connectivity index (χ0n) is 10.0. The predicted molar refractivity (Wildman–Crippen MR) is 64.1 cm³/mol. The molecule has 96 valence electrons. The number of cyclic esters (lactones) is 1. The van der Waals surface area contributed by atoms with Crippen LogP contribution in [0.15, 0.2) is 24.3 Å². The summed E-state index contributed by atoms with van der Waals surface area (Å²) >= 11 is 0. The van der Waals surface area contributed by atoms with Crippen molar-refractivity contribution in [1.29, 1.82) is 0 Å². The smallest absolute Gasteiger partial charge is 0.410 e. The Labute approximate surface area is 104 Å². The van der Waals surface area contributed by atoms with Gasteiger partial charge in [-0.05, 0) is 6.42 Å². The van der Waals surface area contributed by atoms with E-state index in [-0.39, 0.29) is 18.3 Å². The highest BCUT2D eigenvalue weighted by Gasteiger charge is 2.31. The first-order valence-corrected chi connectivity index (χ1v) is 5.79. The number of carbonyl (C=O) groups is 1. The maximum Gasteiger partial charge on any atom is 0.410 e. The van der Waals surface area contributed by atoms with Crippen molar-refractivity contribution in [3.05, 3.63) is 39.9 Å². The van der Waals surface area contributed by atoms with Crippen molar-refractivity contribution in [2.75, 3.05) is 6.54 Å². The number of carbonyl (C=O) groups excluding carboxylic acids is 1. The average Bonchev–Trinajstić information content (AvgIpc) is 2.71. The van der Waals surface area contributed by atoms with Gasteiger partial charge >= 0.3 is 6.09 Å². The van der Waals surface area contributed by atoms with Gasteiger partial charge in [0.15, 0.2) is 0 Å². The highest BCUT2D eigenvalue weighted by molar-refractivity contribution is 5.70. The number of para-hydroxylation sites is 1. The van der Waals surface area contributed by atoms with Gasteiger partial charge in [-0.2, -0.15) is 0 Å². The largest absolute Gasteiger partial charge is 0.444 e. The molecule has 6 nitrogen and oxygen atoms in total. The summed E-state index contributed by atoms with van der Waals surface area (Å²) in [7, 11) is 0. The zero-order chi connectivity index (χ0) is 13.1. The minimum absolute atomic E-state index is 0.0326. The molecule has 0 aromatic heterocycles. The molecule has 0 aliphatic carbocycles. The fourth-order valence-electron chi connectivity index (χ4n) is 1.94. The van der Waals surface area contributed by atoms with E-state index in [4.69, 9.17) is 4.74 Å². The maximum atomic E-state index is 11.6. The minimum atomic E-state index is -0.436. The Morgan fingerprint density at radius 3 is 2.83 bits per heavy atom. The Hall–Kier alpha value is -2.11. The van der Waals surface area contributed by atoms with Crippen LogP contribution in [0, 0.1) is 10.1 Å². The molecule has 6 heteroatoms. The average molecular weight is 250 g/mol. The first kappa shape index (κ1) is 12.3. The third-order valence-electron chi connectivity index (χ3n) is 2.95. The van der Waals surface area contributed by atoms with Crippen LogP contribution in [0.4, 0.5) is 10.5 Å². The summed E-state index contributed by atoms with van der Waals surface area (Å²) in [5, 5.41) is 10.9. The molecule has 1 atom stereocenters. The summed E-state index contributed by atoms with van der Waals surface area (Å²) in [5.41, 5.74) is 0.557. The quantitative estimate of drug-likeness (QED) is 0.607. The second kappa shape index (κ2) is 5.03. The number of hydrogen-bond donors (Lipinski definition) is 0. The van der Waals surface area contributed by atoms with E-state index >= 15 is 0 Å². The van der Waals surface area contributed by atoms with Gasteiger partial charge in [-0.1, -0.05) is 25.1 Å². The normalized spacial score (nSPS) is 18.8. The first-order chi connectivity index (χ1) is 8.61. The molecule has 0 radical (unpaired) electrons. The Bertz CT molecular complexity index is 475. The van der Waals surface area contributed by atoms with Crippen molar-refractivity contribution < 1.29 is 14.5 Å². The van der Waals surface area contributed by atoms with Crippen LogP contribution in [0.5, 0.6) is 0 Å². The SMILES string of the molecule is CCC1CN(Cc2ccccc2[N+](=O)[O-])C(=O)O1. The van der Waals surface area contributed by atoms with Gasteiger partial charge < -0.3 is 4.74 Å². The van der Waals surface area contributed by atoms with Crippen molar-refractivity contribution in [2.45, 2.75) is 26.0 Å². The fraction of sp³-hybridized carbons (Fsp3) is 0.417. The lowest BCUT2D eigenvalue weighted by molar-refractivity contribution is -0.385. The van der Waals surface area contributed by atoms with E-state index in [1.54, 1.807) is 18.2 Å². The van der Waals surface area contributed by atoms with Crippen molar-refractivity contribution in [1.82, 2.24) is 4.90 Å². The van der Waals surface area contributed by atoms with Gasteiger partial charge in [-0.15, -0.1) is 0 Å². The van der Waals surface area contributed by atoms with E-state index in [0.29, 0.717) is 12.1 Å². The molecule has 18 heavy (non-hydrogen) atoms. The van der Waals surface area contributed by atoms with Crippen LogP contribution in [0.2, 0.25) is 0 Å². The lowest BCUT2D eigenvalue weighted by Gasteiger charge is -2.12. The van der Waals surface area contributed by atoms with E-state index in [1.807, 2.05) is 6.92 Å². The predicted octanol–water partition coefficient (Wildman–Crippen LogP) is 2.33. The molecule has 1 aromatic rings. The molecule has 2 rings (SSSR count). The Balaban J connectivity index is 2.15. The number of nitro groups is 1. The maximum absolute atomic E-state index is 11.6. The highest BCUT2D eigenvalue weighted by Crippen LogP contribution is 2.22. The highest BCUT2D eigenvalue weighted by atomic mass is 16.6. The van der Waals surface area contributed by atoms with Crippen LogP contribution in [0.3, 0.4) is 0 Å². The molecule has 0 N–H and O–H groups in total. The standard InChI is InChI=1S/C12H14N2O4/c1-2-10-8-13(12(15)18-10)7-9-5-3-4-6-11(9)14(16)17/h3-6,10H,2,7-8H2,1H3. The third-order valence-corrected chi connectivity index (χ3v) is 2.95. The molecule has 0 saturated carbocycles. The monoisotopic (exact) mass is 250 g/mol. The molecule has 0 spiro atoms. The fourth-order valence-corrected chi connectivity index (χ4v) is 1.94. The molecule has 0 bridgehead atoms. The van der Waals surface area contributed by atoms with Gasteiger partial charge in [0.05, 0.1) is 18.0 Å². The molecule has 1 aliphatic heterocycles. The Kier molecular flexibility index (Phi) is 3.45. The van der Waals surface area contributed by atoms with E-state index in [2.05, 4.69) is 0 Å². The van der Waals surface area contributed by atoms with E-state index in [9.17, 15) is 14.9 Å². The molecule has 1 aliphatic rings. The van der Waals surface area contributed by atoms with Crippen LogP contribution in [-0.4, -0.2) is 28.6 Å². The number of nitro benzene ring substituents is 1. The molecule has 1 unspecified atom stereocenters. The summed E-state index contributed by atoms with van der Waals surface area (Å²) in [6.07, 6.45) is 0.235. The van der Waals surface area contributed by atoms with Crippen LogP contribution < -0.4 is 0 Å². The molecule has 1 saturated heterocycles. The van der Waals surface area contributed by atoms with Crippen molar-refractivity contribution in [3.63, 3.8) is 0 Å².